The summed E-state index contributed by atoms with van der Waals surface area (Å²) >= 11 is 0. The van der Waals surface area contributed by atoms with Crippen LogP contribution in [-0.4, -0.2) is 5.11 Å². The summed E-state index contributed by atoms with van der Waals surface area (Å²) in [5, 5.41) is 12.7. The van der Waals surface area contributed by atoms with Crippen LogP contribution in [-0.2, 0) is 0 Å². The van der Waals surface area contributed by atoms with Gasteiger partial charge >= 0.3 is 0 Å². The number of rotatable bonds is 3. The summed E-state index contributed by atoms with van der Waals surface area (Å²) in [6.07, 6.45) is 0. The van der Waals surface area contributed by atoms with E-state index in [2.05, 4.69) is 5.32 Å². The fourth-order valence-corrected chi connectivity index (χ4v) is 1.88. The number of aryl methyl sites for hydroxylation is 1. The second-order valence-electron chi connectivity index (χ2n) is 4.53. The number of phenols is 1. The van der Waals surface area contributed by atoms with Crippen LogP contribution in [0.2, 0.25) is 0 Å². The zero-order valence-electron chi connectivity index (χ0n) is 10.7. The summed E-state index contributed by atoms with van der Waals surface area (Å²) in [7, 11) is 0. The molecule has 4 heteroatoms. The van der Waals surface area contributed by atoms with E-state index in [1.165, 1.54) is 12.1 Å². The van der Waals surface area contributed by atoms with E-state index in [-0.39, 0.29) is 11.8 Å². The summed E-state index contributed by atoms with van der Waals surface area (Å²) in [5.41, 5.74) is 1.83. The first-order valence-corrected chi connectivity index (χ1v) is 5.98. The van der Waals surface area contributed by atoms with E-state index in [1.54, 1.807) is 32.0 Å². The molecule has 0 saturated carbocycles. The molecule has 0 bridgehead atoms. The Kier molecular flexibility index (Phi) is 3.69. The minimum absolute atomic E-state index is 0.178. The average molecular weight is 263 g/mol. The van der Waals surface area contributed by atoms with Gasteiger partial charge in [0.05, 0.1) is 6.04 Å². The highest BCUT2D eigenvalue weighted by Crippen LogP contribution is 2.26. The van der Waals surface area contributed by atoms with Gasteiger partial charge in [-0.3, -0.25) is 0 Å². The van der Waals surface area contributed by atoms with Crippen LogP contribution in [0, 0.1) is 18.6 Å². The van der Waals surface area contributed by atoms with Crippen LogP contribution < -0.4 is 5.32 Å². The Hall–Kier alpha value is -2.10. The molecule has 0 heterocycles. The highest BCUT2D eigenvalue weighted by Gasteiger charge is 2.12. The standard InChI is InChI=1S/C15H15F2NO/c1-9-3-5-12(8-15(9)19)18-10(2)13-6-4-11(16)7-14(13)17/h3-8,10,18-19H,1-2H3. The number of nitrogens with one attached hydrogen (secondary N) is 1. The quantitative estimate of drug-likeness (QED) is 0.871. The third kappa shape index (κ3) is 3.02. The molecule has 0 spiro atoms. The van der Waals surface area contributed by atoms with Gasteiger partial charge in [0.25, 0.3) is 0 Å². The number of hydrogen-bond acceptors (Lipinski definition) is 2. The largest absolute Gasteiger partial charge is 0.508 e. The summed E-state index contributed by atoms with van der Waals surface area (Å²) in [4.78, 5) is 0. The van der Waals surface area contributed by atoms with E-state index in [4.69, 9.17) is 0 Å². The predicted molar refractivity (Wildman–Crippen MR) is 71.2 cm³/mol. The average Bonchev–Trinajstić information content (AvgIpc) is 2.33. The van der Waals surface area contributed by atoms with Crippen LogP contribution in [0.25, 0.3) is 0 Å². The summed E-state index contributed by atoms with van der Waals surface area (Å²) in [6, 6.07) is 8.31. The molecule has 100 valence electrons. The lowest BCUT2D eigenvalue weighted by atomic mass is 10.1. The molecular weight excluding hydrogens is 248 g/mol. The zero-order valence-corrected chi connectivity index (χ0v) is 10.7. The first-order valence-electron chi connectivity index (χ1n) is 5.98. The van der Waals surface area contributed by atoms with Crippen LogP contribution >= 0.6 is 0 Å². The molecular formula is C15H15F2NO. The highest BCUT2D eigenvalue weighted by atomic mass is 19.1. The zero-order chi connectivity index (χ0) is 14.0. The number of halogens is 2. The maximum absolute atomic E-state index is 13.6. The van der Waals surface area contributed by atoms with Crippen molar-refractivity contribution in [1.29, 1.82) is 0 Å². The van der Waals surface area contributed by atoms with Gasteiger partial charge in [-0.25, -0.2) is 8.78 Å². The van der Waals surface area contributed by atoms with E-state index >= 15 is 0 Å². The molecule has 19 heavy (non-hydrogen) atoms. The molecule has 0 aliphatic heterocycles. The summed E-state index contributed by atoms with van der Waals surface area (Å²) in [6.45, 7) is 3.56. The maximum atomic E-state index is 13.6. The van der Waals surface area contributed by atoms with Gasteiger partial charge in [0.15, 0.2) is 0 Å². The Morgan fingerprint density at radius 3 is 2.47 bits per heavy atom. The van der Waals surface area contributed by atoms with Gasteiger partial charge in [0, 0.05) is 23.4 Å². The number of hydrogen-bond donors (Lipinski definition) is 2. The third-order valence-corrected chi connectivity index (χ3v) is 3.02. The van der Waals surface area contributed by atoms with Crippen molar-refractivity contribution in [1.82, 2.24) is 0 Å². The van der Waals surface area contributed by atoms with E-state index in [0.29, 0.717) is 11.3 Å². The van der Waals surface area contributed by atoms with Gasteiger partial charge < -0.3 is 10.4 Å². The van der Waals surface area contributed by atoms with Crippen LogP contribution in [0.15, 0.2) is 36.4 Å². The lowest BCUT2D eigenvalue weighted by Crippen LogP contribution is -2.08. The summed E-state index contributed by atoms with van der Waals surface area (Å²) < 4.78 is 26.5. The van der Waals surface area contributed by atoms with Crippen molar-refractivity contribution in [3.05, 3.63) is 59.2 Å². The molecule has 2 N–H and O–H groups in total. The third-order valence-electron chi connectivity index (χ3n) is 3.02. The molecule has 2 aromatic carbocycles. The van der Waals surface area contributed by atoms with Crippen molar-refractivity contribution < 1.29 is 13.9 Å². The van der Waals surface area contributed by atoms with Crippen molar-refractivity contribution in [2.45, 2.75) is 19.9 Å². The number of aromatic hydroxyl groups is 1. The first kappa shape index (κ1) is 13.3. The van der Waals surface area contributed by atoms with E-state index in [0.717, 1.165) is 11.6 Å². The lowest BCUT2D eigenvalue weighted by molar-refractivity contribution is 0.471. The first-order chi connectivity index (χ1) is 8.97. The van der Waals surface area contributed by atoms with Crippen LogP contribution in [0.3, 0.4) is 0 Å². The minimum Gasteiger partial charge on any atom is -0.508 e. The van der Waals surface area contributed by atoms with Crippen molar-refractivity contribution in [2.24, 2.45) is 0 Å². The normalized spacial score (nSPS) is 12.2. The Morgan fingerprint density at radius 1 is 1.11 bits per heavy atom. The molecule has 0 aliphatic carbocycles. The molecule has 0 radical (unpaired) electrons. The molecule has 2 rings (SSSR count). The topological polar surface area (TPSA) is 32.3 Å². The van der Waals surface area contributed by atoms with Gasteiger partial charge in [-0.05, 0) is 31.5 Å². The van der Waals surface area contributed by atoms with Crippen LogP contribution in [0.1, 0.15) is 24.1 Å². The minimum atomic E-state index is -0.596. The van der Waals surface area contributed by atoms with Gasteiger partial charge in [-0.1, -0.05) is 12.1 Å². The maximum Gasteiger partial charge on any atom is 0.131 e. The molecule has 0 aromatic heterocycles. The van der Waals surface area contributed by atoms with E-state index in [1.807, 2.05) is 0 Å². The molecule has 2 aromatic rings. The monoisotopic (exact) mass is 263 g/mol. The number of phenolic OH excluding ortho intramolecular Hbond substituents is 1. The molecule has 1 unspecified atom stereocenters. The van der Waals surface area contributed by atoms with Crippen molar-refractivity contribution in [3.8, 4) is 5.75 Å². The number of benzene rings is 2. The predicted octanol–water partition coefficient (Wildman–Crippen LogP) is 4.15. The molecule has 0 amide bonds. The number of anilines is 1. The Labute approximate surface area is 110 Å². The molecule has 0 aliphatic rings. The lowest BCUT2D eigenvalue weighted by Gasteiger charge is -2.17. The Bertz CT molecular complexity index is 599. The fraction of sp³-hybridized carbons (Fsp3) is 0.200. The summed E-state index contributed by atoms with van der Waals surface area (Å²) in [5.74, 6) is -1.01. The van der Waals surface area contributed by atoms with Gasteiger partial charge in [0.1, 0.15) is 17.4 Å². The van der Waals surface area contributed by atoms with Gasteiger partial charge in [-0.2, -0.15) is 0 Å². The molecule has 1 atom stereocenters. The van der Waals surface area contributed by atoms with E-state index in [9.17, 15) is 13.9 Å². The smallest absolute Gasteiger partial charge is 0.131 e. The van der Waals surface area contributed by atoms with E-state index < -0.39 is 11.6 Å². The molecule has 2 nitrogen and oxygen atoms in total. The van der Waals surface area contributed by atoms with Crippen LogP contribution in [0.4, 0.5) is 14.5 Å². The fourth-order valence-electron chi connectivity index (χ4n) is 1.88. The Morgan fingerprint density at radius 2 is 1.84 bits per heavy atom. The van der Waals surface area contributed by atoms with Crippen LogP contribution in [0.5, 0.6) is 5.75 Å². The molecule has 0 saturated heterocycles. The molecule has 0 fully saturated rings. The second kappa shape index (κ2) is 5.26. The van der Waals surface area contributed by atoms with Crippen molar-refractivity contribution in [3.63, 3.8) is 0 Å². The Balaban J connectivity index is 2.20. The van der Waals surface area contributed by atoms with Crippen molar-refractivity contribution in [2.75, 3.05) is 5.32 Å². The van der Waals surface area contributed by atoms with Gasteiger partial charge in [-0.15, -0.1) is 0 Å². The second-order valence-corrected chi connectivity index (χ2v) is 4.53. The highest BCUT2D eigenvalue weighted by molar-refractivity contribution is 5.52. The van der Waals surface area contributed by atoms with Crippen molar-refractivity contribution >= 4 is 5.69 Å². The SMILES string of the molecule is Cc1ccc(NC(C)c2ccc(F)cc2F)cc1O. The van der Waals surface area contributed by atoms with Gasteiger partial charge in [0.2, 0.25) is 0 Å².